The topological polar surface area (TPSA) is 225 Å². The van der Waals surface area contributed by atoms with E-state index in [-0.39, 0.29) is 56.6 Å². The van der Waals surface area contributed by atoms with Crippen LogP contribution in [0.15, 0.2) is 110 Å². The maximum absolute atomic E-state index is 13.0. The lowest BCUT2D eigenvalue weighted by Crippen LogP contribution is -2.39. The molecule has 3 atom stereocenters. The number of H-pyrrole nitrogens is 2. The molecule has 0 radical (unpaired) electrons. The fourth-order valence-electron chi connectivity index (χ4n) is 6.92. The Morgan fingerprint density at radius 3 is 1.98 bits per heavy atom. The summed E-state index contributed by atoms with van der Waals surface area (Å²) in [5.74, 6) is 0.405. The first kappa shape index (κ1) is 42.1. The number of benzene rings is 3. The molecular weight excluding hydrogens is 764 g/mol. The summed E-state index contributed by atoms with van der Waals surface area (Å²) in [4.78, 5) is 78.6. The van der Waals surface area contributed by atoms with Crippen molar-refractivity contribution in [2.45, 2.75) is 56.8 Å². The monoisotopic (exact) mass is 810 g/mol. The number of carbonyl (C=O) groups is 2. The van der Waals surface area contributed by atoms with E-state index in [0.29, 0.717) is 11.5 Å². The van der Waals surface area contributed by atoms with Crippen LogP contribution in [0, 0.1) is 6.92 Å². The second-order valence-electron chi connectivity index (χ2n) is 14.0. The molecule has 3 aromatic carbocycles. The van der Waals surface area contributed by atoms with E-state index in [2.05, 4.69) is 20.6 Å². The molecule has 0 spiro atoms. The third kappa shape index (κ3) is 9.77. The lowest BCUT2D eigenvalue weighted by atomic mass is 9.80. The lowest BCUT2D eigenvalue weighted by molar-refractivity contribution is -0.123. The molecule has 1 aliphatic heterocycles. The van der Waals surface area contributed by atoms with Gasteiger partial charge >= 0.3 is 11.4 Å². The smallest absolute Gasteiger partial charge is 0.330 e. The Morgan fingerprint density at radius 2 is 1.37 bits per heavy atom. The molecule has 5 aromatic rings. The molecule has 6 rings (SSSR count). The lowest BCUT2D eigenvalue weighted by Gasteiger charge is -2.37. The zero-order valence-corrected chi connectivity index (χ0v) is 32.8. The largest absolute Gasteiger partial charge is 0.497 e. The van der Waals surface area contributed by atoms with Crippen molar-refractivity contribution >= 4 is 11.8 Å². The number of nitrogens with zero attached hydrogens (tertiary/aromatic N) is 2. The van der Waals surface area contributed by atoms with E-state index in [9.17, 15) is 33.9 Å². The molecule has 17 heteroatoms. The second kappa shape index (κ2) is 18.8. The van der Waals surface area contributed by atoms with Crippen molar-refractivity contribution in [3.8, 4) is 11.5 Å². The number of hydrogen-bond donors (Lipinski definition) is 5. The molecule has 1 saturated heterocycles. The number of aromatic amines is 2. The van der Waals surface area contributed by atoms with Crippen LogP contribution >= 0.6 is 0 Å². The molecule has 2 aromatic heterocycles. The highest BCUT2D eigenvalue weighted by Crippen LogP contribution is 2.42. The first-order valence-corrected chi connectivity index (χ1v) is 18.9. The minimum Gasteiger partial charge on any atom is -0.497 e. The standard InChI is InChI=1S/C42H46N6O11/c1-26-22-47(40(54)45-38(26)52)24-36(51)44-20-19-43-35(50)18-9-27-23-48(41(55)46-39(27)53)37-21-33(49)34(59-37)25-58-42(28-7-5-4-6-8-28,29-10-14-31(56-2)15-11-29)30-12-16-32(57-3)17-13-30/h4-8,10-17,22-23,33-34,37,49H,9,18-21,24-25H2,1-3H3,(H,43,50)(H,44,51)(H,45,52,54)(H,46,53,55)/t33-,34+,37+/m0/s1. The number of hydrogen-bond acceptors (Lipinski definition) is 11. The Morgan fingerprint density at radius 1 is 0.797 bits per heavy atom. The fraction of sp³-hybridized carbons (Fsp3) is 0.333. The molecule has 0 aliphatic carbocycles. The molecule has 59 heavy (non-hydrogen) atoms. The van der Waals surface area contributed by atoms with Gasteiger partial charge in [-0.15, -0.1) is 0 Å². The predicted octanol–water partition coefficient (Wildman–Crippen LogP) is 1.23. The van der Waals surface area contributed by atoms with Crippen LogP contribution < -0.4 is 42.6 Å². The van der Waals surface area contributed by atoms with E-state index < -0.39 is 58.3 Å². The van der Waals surface area contributed by atoms with Crippen LogP contribution in [-0.4, -0.2) is 82.1 Å². The SMILES string of the molecule is COc1ccc(C(OC[C@H]2O[C@@H](n3cc(CCC(=O)NCCNC(=O)Cn4cc(C)c(=O)[nH]c4=O)c(=O)[nH]c3=O)C[C@@H]2O)(c2ccccc2)c2ccc(OC)cc2)cc1. The van der Waals surface area contributed by atoms with Crippen molar-refractivity contribution < 1.29 is 33.6 Å². The van der Waals surface area contributed by atoms with E-state index in [1.165, 1.54) is 23.9 Å². The quantitative estimate of drug-likeness (QED) is 0.0664. The van der Waals surface area contributed by atoms with E-state index in [1.807, 2.05) is 78.9 Å². The summed E-state index contributed by atoms with van der Waals surface area (Å²) in [6.07, 6.45) is -0.372. The summed E-state index contributed by atoms with van der Waals surface area (Å²) in [5, 5.41) is 16.5. The number of methoxy groups -OCH3 is 2. The molecule has 2 amide bonds. The summed E-state index contributed by atoms with van der Waals surface area (Å²) in [5.41, 5.74) is -1.04. The number of carbonyl (C=O) groups excluding carboxylic acids is 2. The van der Waals surface area contributed by atoms with Crippen molar-refractivity contribution in [3.05, 3.63) is 161 Å². The van der Waals surface area contributed by atoms with Crippen molar-refractivity contribution in [2.75, 3.05) is 33.9 Å². The van der Waals surface area contributed by atoms with Gasteiger partial charge in [0.25, 0.3) is 11.1 Å². The van der Waals surface area contributed by atoms with Gasteiger partial charge in [-0.1, -0.05) is 54.6 Å². The third-order valence-electron chi connectivity index (χ3n) is 10.1. The third-order valence-corrected chi connectivity index (χ3v) is 10.1. The van der Waals surface area contributed by atoms with Gasteiger partial charge in [-0.3, -0.25) is 38.3 Å². The fourth-order valence-corrected chi connectivity index (χ4v) is 6.92. The Labute approximate surface area is 337 Å². The van der Waals surface area contributed by atoms with Crippen LogP contribution in [-0.2, 0) is 37.6 Å². The number of rotatable bonds is 17. The molecule has 1 fully saturated rings. The van der Waals surface area contributed by atoms with Gasteiger partial charge in [0.1, 0.15) is 36.0 Å². The molecule has 0 bridgehead atoms. The summed E-state index contributed by atoms with van der Waals surface area (Å²) >= 11 is 0. The van der Waals surface area contributed by atoms with Gasteiger partial charge < -0.3 is 34.7 Å². The number of aliphatic hydroxyl groups excluding tert-OH is 1. The number of aryl methyl sites for hydroxylation is 2. The second-order valence-corrected chi connectivity index (χ2v) is 14.0. The van der Waals surface area contributed by atoms with Crippen LogP contribution in [0.4, 0.5) is 0 Å². The Hall–Kier alpha value is -6.56. The highest BCUT2D eigenvalue weighted by atomic mass is 16.6. The molecular formula is C42H46N6O11. The highest BCUT2D eigenvalue weighted by Gasteiger charge is 2.42. The van der Waals surface area contributed by atoms with Gasteiger partial charge in [-0.05, 0) is 54.3 Å². The number of aromatic nitrogens is 4. The zero-order chi connectivity index (χ0) is 42.1. The number of aliphatic hydroxyl groups is 1. The number of ether oxygens (including phenoxy) is 4. The first-order chi connectivity index (χ1) is 28.4. The molecule has 1 aliphatic rings. The Balaban J connectivity index is 1.11. The predicted molar refractivity (Wildman–Crippen MR) is 215 cm³/mol. The molecule has 310 valence electrons. The number of amides is 2. The van der Waals surface area contributed by atoms with Crippen molar-refractivity contribution in [2.24, 2.45) is 0 Å². The minimum atomic E-state index is -1.18. The van der Waals surface area contributed by atoms with Crippen LogP contribution in [0.25, 0.3) is 0 Å². The van der Waals surface area contributed by atoms with Crippen molar-refractivity contribution in [3.63, 3.8) is 0 Å². The van der Waals surface area contributed by atoms with Crippen molar-refractivity contribution in [1.29, 1.82) is 0 Å². The summed E-state index contributed by atoms with van der Waals surface area (Å²) in [6.45, 7) is 1.23. The summed E-state index contributed by atoms with van der Waals surface area (Å²) < 4.78 is 26.3. The summed E-state index contributed by atoms with van der Waals surface area (Å²) in [6, 6.07) is 24.6. The van der Waals surface area contributed by atoms with Crippen LogP contribution in [0.5, 0.6) is 11.5 Å². The molecule has 0 unspecified atom stereocenters. The average Bonchev–Trinajstić information content (AvgIpc) is 3.61. The maximum Gasteiger partial charge on any atom is 0.330 e. The van der Waals surface area contributed by atoms with Gasteiger partial charge in [0.05, 0.1) is 26.9 Å². The van der Waals surface area contributed by atoms with Gasteiger partial charge in [-0.25, -0.2) is 9.59 Å². The van der Waals surface area contributed by atoms with E-state index in [4.69, 9.17) is 18.9 Å². The molecule has 3 heterocycles. The Kier molecular flexibility index (Phi) is 13.4. The average molecular weight is 811 g/mol. The van der Waals surface area contributed by atoms with E-state index in [1.54, 1.807) is 14.2 Å². The van der Waals surface area contributed by atoms with Crippen LogP contribution in [0.1, 0.15) is 46.9 Å². The van der Waals surface area contributed by atoms with Crippen LogP contribution in [0.2, 0.25) is 0 Å². The molecule has 0 saturated carbocycles. The van der Waals surface area contributed by atoms with Crippen molar-refractivity contribution in [1.82, 2.24) is 29.7 Å². The highest BCUT2D eigenvalue weighted by molar-refractivity contribution is 5.77. The first-order valence-electron chi connectivity index (χ1n) is 18.9. The molecule has 5 N–H and O–H groups in total. The van der Waals surface area contributed by atoms with Gasteiger partial charge in [0.15, 0.2) is 0 Å². The minimum absolute atomic E-state index is 0.0193. The maximum atomic E-state index is 13.0. The molecule has 17 nitrogen and oxygen atoms in total. The normalized spacial score (nSPS) is 16.4. The van der Waals surface area contributed by atoms with Gasteiger partial charge in [0.2, 0.25) is 11.8 Å². The summed E-state index contributed by atoms with van der Waals surface area (Å²) in [7, 11) is 3.17. The van der Waals surface area contributed by atoms with E-state index >= 15 is 0 Å². The van der Waals surface area contributed by atoms with Gasteiger partial charge in [0, 0.05) is 49.5 Å². The zero-order valence-electron chi connectivity index (χ0n) is 32.8. The van der Waals surface area contributed by atoms with Crippen LogP contribution in [0.3, 0.4) is 0 Å². The van der Waals surface area contributed by atoms with E-state index in [0.717, 1.165) is 21.3 Å². The number of nitrogens with one attached hydrogen (secondary N) is 4. The Bertz CT molecular complexity index is 2430. The van der Waals surface area contributed by atoms with Gasteiger partial charge in [-0.2, -0.15) is 0 Å².